The van der Waals surface area contributed by atoms with E-state index >= 15 is 0 Å². The summed E-state index contributed by atoms with van der Waals surface area (Å²) >= 11 is 0. The van der Waals surface area contributed by atoms with Crippen molar-refractivity contribution in [3.63, 3.8) is 0 Å². The van der Waals surface area contributed by atoms with Crippen LogP contribution >= 0.6 is 0 Å². The number of carbonyl (C=O) groups excluding carboxylic acids is 2. The third kappa shape index (κ3) is 3.85. The quantitative estimate of drug-likeness (QED) is 0.783. The second-order valence-corrected chi connectivity index (χ2v) is 5.36. The summed E-state index contributed by atoms with van der Waals surface area (Å²) in [5.41, 5.74) is 0.734. The number of nitrogens with one attached hydrogen (secondary N) is 3. The highest BCUT2D eigenvalue weighted by molar-refractivity contribution is 6.03. The van der Waals surface area contributed by atoms with Gasteiger partial charge in [-0.05, 0) is 11.5 Å². The highest BCUT2D eigenvalue weighted by atomic mass is 16.5. The summed E-state index contributed by atoms with van der Waals surface area (Å²) < 4.78 is 5.34. The Morgan fingerprint density at radius 2 is 2.00 bits per heavy atom. The maximum Gasteiger partial charge on any atom is 0.250 e. The molecule has 120 valence electrons. The lowest BCUT2D eigenvalue weighted by Crippen LogP contribution is -2.49. The third-order valence-corrected chi connectivity index (χ3v) is 3.71. The van der Waals surface area contributed by atoms with Crippen LogP contribution in [0, 0.1) is 0 Å². The summed E-state index contributed by atoms with van der Waals surface area (Å²) in [5, 5.41) is 10.5. The van der Waals surface area contributed by atoms with Crippen molar-refractivity contribution in [1.29, 1.82) is 0 Å². The molecule has 1 atom stereocenters. The van der Waals surface area contributed by atoms with Crippen LogP contribution in [0.4, 0.5) is 5.69 Å². The van der Waals surface area contributed by atoms with Gasteiger partial charge >= 0.3 is 0 Å². The second-order valence-electron chi connectivity index (χ2n) is 5.36. The van der Waals surface area contributed by atoms with Crippen molar-refractivity contribution in [2.45, 2.75) is 6.10 Å². The molecule has 1 unspecified atom stereocenters. The Balaban J connectivity index is 1.57. The van der Waals surface area contributed by atoms with Gasteiger partial charge in [-0.25, -0.2) is 0 Å². The van der Waals surface area contributed by atoms with Crippen LogP contribution in [0.1, 0.15) is 0 Å². The molecule has 1 saturated heterocycles. The average molecular weight is 313 g/mol. The Hall–Kier alpha value is -2.44. The van der Waals surface area contributed by atoms with Crippen molar-refractivity contribution in [3.05, 3.63) is 42.5 Å². The van der Waals surface area contributed by atoms with Gasteiger partial charge in [-0.1, -0.05) is 36.4 Å². The summed E-state index contributed by atoms with van der Waals surface area (Å²) in [5.74, 6) is -0.538. The van der Waals surface area contributed by atoms with Crippen LogP contribution < -0.4 is 16.0 Å². The largest absolute Gasteiger partial charge is 0.366 e. The first-order valence-electron chi connectivity index (χ1n) is 7.62. The fraction of sp³-hybridized carbons (Fsp3) is 0.294. The molecule has 0 aliphatic carbocycles. The highest BCUT2D eigenvalue weighted by Gasteiger charge is 2.21. The lowest BCUT2D eigenvalue weighted by Gasteiger charge is -2.22. The van der Waals surface area contributed by atoms with Crippen molar-refractivity contribution in [1.82, 2.24) is 10.6 Å². The van der Waals surface area contributed by atoms with Crippen molar-refractivity contribution in [2.75, 3.05) is 31.6 Å². The number of anilines is 1. The fourth-order valence-electron chi connectivity index (χ4n) is 2.54. The van der Waals surface area contributed by atoms with Gasteiger partial charge in [0.2, 0.25) is 5.91 Å². The van der Waals surface area contributed by atoms with E-state index in [1.54, 1.807) is 0 Å². The van der Waals surface area contributed by atoms with Gasteiger partial charge in [-0.15, -0.1) is 0 Å². The summed E-state index contributed by atoms with van der Waals surface area (Å²) in [7, 11) is 0. The summed E-state index contributed by atoms with van der Waals surface area (Å²) in [4.78, 5) is 24.0. The van der Waals surface area contributed by atoms with E-state index in [0.717, 1.165) is 23.0 Å². The maximum atomic E-state index is 12.1. The van der Waals surface area contributed by atoms with Gasteiger partial charge in [0.05, 0.1) is 13.2 Å². The van der Waals surface area contributed by atoms with Crippen LogP contribution in [0.5, 0.6) is 0 Å². The van der Waals surface area contributed by atoms with Crippen LogP contribution in [0.25, 0.3) is 10.8 Å². The number of ether oxygens (including phenoxy) is 1. The molecule has 0 bridgehead atoms. The number of fused-ring (bicyclic) bond motifs is 1. The number of hydrogen-bond acceptors (Lipinski definition) is 4. The van der Waals surface area contributed by atoms with Gasteiger partial charge < -0.3 is 20.7 Å². The molecule has 6 heteroatoms. The minimum atomic E-state index is -0.533. The molecule has 1 aliphatic rings. The van der Waals surface area contributed by atoms with E-state index in [2.05, 4.69) is 16.0 Å². The Labute approximate surface area is 134 Å². The maximum absolute atomic E-state index is 12.1. The van der Waals surface area contributed by atoms with Gasteiger partial charge in [0.1, 0.15) is 6.10 Å². The van der Waals surface area contributed by atoms with Crippen molar-refractivity contribution in [3.8, 4) is 0 Å². The average Bonchev–Trinajstić information content (AvgIpc) is 2.61. The van der Waals surface area contributed by atoms with Crippen LogP contribution in [0.15, 0.2) is 42.5 Å². The fourth-order valence-corrected chi connectivity index (χ4v) is 2.54. The first-order chi connectivity index (χ1) is 11.2. The molecule has 6 nitrogen and oxygen atoms in total. The van der Waals surface area contributed by atoms with Gasteiger partial charge in [0, 0.05) is 24.2 Å². The number of rotatable bonds is 4. The predicted molar refractivity (Wildman–Crippen MR) is 88.2 cm³/mol. The number of hydrogen-bond donors (Lipinski definition) is 3. The third-order valence-electron chi connectivity index (χ3n) is 3.71. The number of benzene rings is 2. The van der Waals surface area contributed by atoms with E-state index in [0.29, 0.717) is 13.2 Å². The Morgan fingerprint density at radius 3 is 2.83 bits per heavy atom. The summed E-state index contributed by atoms with van der Waals surface area (Å²) in [6.07, 6.45) is -0.533. The molecule has 0 saturated carbocycles. The lowest BCUT2D eigenvalue weighted by atomic mass is 10.1. The van der Waals surface area contributed by atoms with Crippen LogP contribution in [-0.2, 0) is 14.3 Å². The number of carbonyl (C=O) groups is 2. The SMILES string of the molecule is O=C(CNC(=O)C1CNCCO1)Nc1cccc2ccccc12. The minimum Gasteiger partial charge on any atom is -0.366 e. The zero-order valence-electron chi connectivity index (χ0n) is 12.7. The van der Waals surface area contributed by atoms with Gasteiger partial charge in [-0.2, -0.15) is 0 Å². The van der Waals surface area contributed by atoms with Crippen molar-refractivity contribution >= 4 is 28.3 Å². The number of amides is 2. The molecule has 3 N–H and O–H groups in total. The summed E-state index contributed by atoms with van der Waals surface area (Å²) in [6.45, 7) is 1.63. The molecule has 2 amide bonds. The molecule has 0 spiro atoms. The molecule has 1 heterocycles. The van der Waals surface area contributed by atoms with E-state index in [1.807, 2.05) is 42.5 Å². The topological polar surface area (TPSA) is 79.5 Å². The molecular weight excluding hydrogens is 294 g/mol. The standard InChI is InChI=1S/C17H19N3O3/c21-16(11-19-17(22)15-10-18-8-9-23-15)20-14-7-3-5-12-4-1-2-6-13(12)14/h1-7,15,18H,8-11H2,(H,19,22)(H,20,21). The molecule has 2 aromatic rings. The molecule has 23 heavy (non-hydrogen) atoms. The zero-order chi connectivity index (χ0) is 16.1. The van der Waals surface area contributed by atoms with E-state index < -0.39 is 6.10 Å². The molecule has 2 aromatic carbocycles. The molecule has 3 rings (SSSR count). The molecule has 0 radical (unpaired) electrons. The van der Waals surface area contributed by atoms with E-state index in [-0.39, 0.29) is 18.4 Å². The molecule has 1 aliphatic heterocycles. The first kappa shape index (κ1) is 15.5. The van der Waals surface area contributed by atoms with Crippen LogP contribution in [-0.4, -0.2) is 44.2 Å². The smallest absolute Gasteiger partial charge is 0.250 e. The Morgan fingerprint density at radius 1 is 1.17 bits per heavy atom. The van der Waals surface area contributed by atoms with Crippen molar-refractivity contribution in [2.24, 2.45) is 0 Å². The molecule has 0 aromatic heterocycles. The van der Waals surface area contributed by atoms with E-state index in [1.165, 1.54) is 0 Å². The van der Waals surface area contributed by atoms with Crippen molar-refractivity contribution < 1.29 is 14.3 Å². The zero-order valence-corrected chi connectivity index (χ0v) is 12.7. The van der Waals surface area contributed by atoms with Crippen LogP contribution in [0.2, 0.25) is 0 Å². The normalized spacial score (nSPS) is 17.7. The van der Waals surface area contributed by atoms with Gasteiger partial charge in [-0.3, -0.25) is 9.59 Å². The first-order valence-corrected chi connectivity index (χ1v) is 7.62. The van der Waals surface area contributed by atoms with Crippen LogP contribution in [0.3, 0.4) is 0 Å². The lowest BCUT2D eigenvalue weighted by molar-refractivity contribution is -0.135. The Kier molecular flexibility index (Phi) is 4.85. The second kappa shape index (κ2) is 7.21. The monoisotopic (exact) mass is 313 g/mol. The molecule has 1 fully saturated rings. The van der Waals surface area contributed by atoms with Gasteiger partial charge in [0.25, 0.3) is 5.91 Å². The molecular formula is C17H19N3O3. The summed E-state index contributed by atoms with van der Waals surface area (Å²) in [6, 6.07) is 13.5. The highest BCUT2D eigenvalue weighted by Crippen LogP contribution is 2.22. The van der Waals surface area contributed by atoms with E-state index in [4.69, 9.17) is 4.74 Å². The van der Waals surface area contributed by atoms with E-state index in [9.17, 15) is 9.59 Å². The predicted octanol–water partition coefficient (Wildman–Crippen LogP) is 0.883. The minimum absolute atomic E-state index is 0.0814. The van der Waals surface area contributed by atoms with Gasteiger partial charge in [0.15, 0.2) is 0 Å². The Bertz CT molecular complexity index is 706. The number of morpholine rings is 1.